The van der Waals surface area contributed by atoms with Gasteiger partial charge in [0.25, 0.3) is 6.04 Å². The predicted octanol–water partition coefficient (Wildman–Crippen LogP) is -0.0995. The highest BCUT2D eigenvalue weighted by Crippen LogP contribution is 1.97. The second kappa shape index (κ2) is 4.00. The van der Waals surface area contributed by atoms with Crippen LogP contribution in [-0.2, 0) is 4.79 Å². The van der Waals surface area contributed by atoms with Gasteiger partial charge >= 0.3 is 5.97 Å². The number of carboxylic acids is 1. The van der Waals surface area contributed by atoms with E-state index in [1.54, 1.807) is 18.5 Å². The molecule has 0 amide bonds. The quantitative estimate of drug-likeness (QED) is 0.642. The molecule has 1 heterocycles. The van der Waals surface area contributed by atoms with Crippen LogP contribution in [0, 0.1) is 6.92 Å². The zero-order valence-electron chi connectivity index (χ0n) is 7.34. The van der Waals surface area contributed by atoms with Crippen LogP contribution >= 0.6 is 0 Å². The van der Waals surface area contributed by atoms with Crippen LogP contribution in [0.5, 0.6) is 0 Å². The van der Waals surface area contributed by atoms with Crippen molar-refractivity contribution in [1.29, 1.82) is 0 Å². The molecule has 70 valence electrons. The highest BCUT2D eigenvalue weighted by Gasteiger charge is 2.25. The zero-order chi connectivity index (χ0) is 9.84. The molecule has 1 atom stereocenters. The van der Waals surface area contributed by atoms with Gasteiger partial charge in [0.15, 0.2) is 12.4 Å². The van der Waals surface area contributed by atoms with E-state index < -0.39 is 18.6 Å². The van der Waals surface area contributed by atoms with Crippen molar-refractivity contribution in [2.75, 3.05) is 6.61 Å². The van der Waals surface area contributed by atoms with Crippen LogP contribution < -0.4 is 4.57 Å². The number of hydrogen-bond acceptors (Lipinski definition) is 2. The zero-order valence-corrected chi connectivity index (χ0v) is 7.34. The van der Waals surface area contributed by atoms with Crippen LogP contribution in [0.1, 0.15) is 11.6 Å². The second-order valence-electron chi connectivity index (χ2n) is 2.87. The minimum Gasteiger partial charge on any atom is -0.476 e. The molecule has 1 aromatic rings. The molecule has 4 nitrogen and oxygen atoms in total. The summed E-state index contributed by atoms with van der Waals surface area (Å²) in [5.74, 6) is -1.03. The molecule has 0 bridgehead atoms. The number of nitrogens with zero attached hydrogens (tertiary/aromatic N) is 1. The maximum Gasteiger partial charge on any atom is 0.375 e. The maximum atomic E-state index is 10.7. The smallest absolute Gasteiger partial charge is 0.375 e. The van der Waals surface area contributed by atoms with Gasteiger partial charge in [-0.15, -0.1) is 0 Å². The Morgan fingerprint density at radius 2 is 2.38 bits per heavy atom. The molecular weight excluding hydrogens is 170 g/mol. The molecule has 0 aromatic carbocycles. The molecule has 4 heteroatoms. The van der Waals surface area contributed by atoms with Crippen LogP contribution in [0.25, 0.3) is 0 Å². The highest BCUT2D eigenvalue weighted by atomic mass is 16.4. The lowest BCUT2D eigenvalue weighted by Gasteiger charge is -2.03. The van der Waals surface area contributed by atoms with Gasteiger partial charge < -0.3 is 10.2 Å². The Balaban J connectivity index is 2.98. The topological polar surface area (TPSA) is 61.4 Å². The molecule has 1 aromatic heterocycles. The number of hydrogen-bond donors (Lipinski definition) is 2. The first kappa shape index (κ1) is 9.67. The van der Waals surface area contributed by atoms with Crippen LogP contribution in [0.2, 0.25) is 0 Å². The number of carboxylic acid groups (broad SMARTS) is 1. The van der Waals surface area contributed by atoms with E-state index in [0.717, 1.165) is 5.56 Å². The highest BCUT2D eigenvalue weighted by molar-refractivity contribution is 5.69. The number of aromatic nitrogens is 1. The second-order valence-corrected chi connectivity index (χ2v) is 2.87. The molecule has 0 aliphatic carbocycles. The predicted molar refractivity (Wildman–Crippen MR) is 45.1 cm³/mol. The summed E-state index contributed by atoms with van der Waals surface area (Å²) in [6.45, 7) is 1.47. The fraction of sp³-hybridized carbons (Fsp3) is 0.333. The molecule has 13 heavy (non-hydrogen) atoms. The molecule has 0 radical (unpaired) electrons. The average Bonchev–Trinajstić information content (AvgIpc) is 2.04. The summed E-state index contributed by atoms with van der Waals surface area (Å²) in [5, 5.41) is 17.6. The van der Waals surface area contributed by atoms with Crippen molar-refractivity contribution in [3.8, 4) is 0 Å². The SMILES string of the molecule is Cc1ccc[n+]([C@@H](CO)C(=O)O)c1. The van der Waals surface area contributed by atoms with Gasteiger partial charge in [-0.3, -0.25) is 0 Å². The lowest BCUT2D eigenvalue weighted by Crippen LogP contribution is -2.45. The van der Waals surface area contributed by atoms with Gasteiger partial charge in [-0.05, 0) is 13.0 Å². The van der Waals surface area contributed by atoms with Crippen molar-refractivity contribution in [3.05, 3.63) is 30.1 Å². The van der Waals surface area contributed by atoms with E-state index in [4.69, 9.17) is 10.2 Å². The average molecular weight is 182 g/mol. The first-order chi connectivity index (χ1) is 6.15. The first-order valence-corrected chi connectivity index (χ1v) is 3.96. The molecule has 0 spiro atoms. The molecule has 0 saturated carbocycles. The summed E-state index contributed by atoms with van der Waals surface area (Å²) in [6.07, 6.45) is 3.32. The summed E-state index contributed by atoms with van der Waals surface area (Å²) in [7, 11) is 0. The molecule has 1 rings (SSSR count). The number of aliphatic hydroxyl groups is 1. The number of aliphatic hydroxyl groups excluding tert-OH is 1. The fourth-order valence-corrected chi connectivity index (χ4v) is 1.11. The van der Waals surface area contributed by atoms with Gasteiger partial charge in [0, 0.05) is 11.6 Å². The van der Waals surface area contributed by atoms with E-state index in [9.17, 15) is 4.79 Å². The monoisotopic (exact) mass is 182 g/mol. The summed E-state index contributed by atoms with van der Waals surface area (Å²) in [4.78, 5) is 10.7. The van der Waals surface area contributed by atoms with Crippen molar-refractivity contribution >= 4 is 5.97 Å². The number of carbonyl (C=O) groups is 1. The molecule has 0 fully saturated rings. The van der Waals surface area contributed by atoms with E-state index in [0.29, 0.717) is 0 Å². The molecule has 0 saturated heterocycles. The normalized spacial score (nSPS) is 12.5. The van der Waals surface area contributed by atoms with E-state index in [-0.39, 0.29) is 0 Å². The number of rotatable bonds is 3. The Morgan fingerprint density at radius 1 is 1.69 bits per heavy atom. The molecule has 0 aliphatic rings. The minimum atomic E-state index is -1.03. The molecule has 2 N–H and O–H groups in total. The standard InChI is InChI=1S/C9H11NO3/c1-7-3-2-4-10(5-7)8(6-11)9(12)13/h2-5,8,11H,6H2,1H3/p+1/t8-/m0/s1. The van der Waals surface area contributed by atoms with Gasteiger partial charge in [0.1, 0.15) is 6.61 Å². The minimum absolute atomic E-state index is 0.399. The number of aliphatic carboxylic acids is 1. The maximum absolute atomic E-state index is 10.7. The Kier molecular flexibility index (Phi) is 2.97. The van der Waals surface area contributed by atoms with Crippen molar-refractivity contribution in [3.63, 3.8) is 0 Å². The van der Waals surface area contributed by atoms with Crippen LogP contribution in [-0.4, -0.2) is 22.8 Å². The summed E-state index contributed by atoms with van der Waals surface area (Å²) in [5.41, 5.74) is 0.960. The summed E-state index contributed by atoms with van der Waals surface area (Å²) in [6, 6.07) is 2.73. The Bertz CT molecular complexity index is 311. The van der Waals surface area contributed by atoms with Gasteiger partial charge in [0.05, 0.1) is 0 Å². The largest absolute Gasteiger partial charge is 0.476 e. The van der Waals surface area contributed by atoms with Crippen molar-refractivity contribution < 1.29 is 19.6 Å². The van der Waals surface area contributed by atoms with E-state index in [2.05, 4.69) is 0 Å². The first-order valence-electron chi connectivity index (χ1n) is 3.96. The van der Waals surface area contributed by atoms with Crippen molar-refractivity contribution in [2.45, 2.75) is 13.0 Å². The fourth-order valence-electron chi connectivity index (χ4n) is 1.11. The van der Waals surface area contributed by atoms with Crippen molar-refractivity contribution in [1.82, 2.24) is 0 Å². The summed E-state index contributed by atoms with van der Waals surface area (Å²) >= 11 is 0. The molecular formula is C9H12NO3+. The van der Waals surface area contributed by atoms with Gasteiger partial charge in [-0.25, -0.2) is 4.79 Å². The van der Waals surface area contributed by atoms with E-state index >= 15 is 0 Å². The van der Waals surface area contributed by atoms with Crippen LogP contribution in [0.4, 0.5) is 0 Å². The van der Waals surface area contributed by atoms with E-state index in [1.807, 2.05) is 13.0 Å². The Hall–Kier alpha value is -1.42. The molecule has 0 aliphatic heterocycles. The third kappa shape index (κ3) is 2.26. The Labute approximate surface area is 76.1 Å². The van der Waals surface area contributed by atoms with Crippen LogP contribution in [0.3, 0.4) is 0 Å². The van der Waals surface area contributed by atoms with E-state index in [1.165, 1.54) is 4.57 Å². The lowest BCUT2D eigenvalue weighted by atomic mass is 10.2. The number of aryl methyl sites for hydroxylation is 1. The summed E-state index contributed by atoms with van der Waals surface area (Å²) < 4.78 is 1.48. The Morgan fingerprint density at radius 3 is 2.85 bits per heavy atom. The lowest BCUT2D eigenvalue weighted by molar-refractivity contribution is -0.712. The third-order valence-electron chi connectivity index (χ3n) is 1.79. The van der Waals surface area contributed by atoms with Crippen molar-refractivity contribution in [2.24, 2.45) is 0 Å². The van der Waals surface area contributed by atoms with Gasteiger partial charge in [-0.2, -0.15) is 4.57 Å². The van der Waals surface area contributed by atoms with Crippen LogP contribution in [0.15, 0.2) is 24.5 Å². The number of pyridine rings is 1. The van der Waals surface area contributed by atoms with Gasteiger partial charge in [0.2, 0.25) is 0 Å². The third-order valence-corrected chi connectivity index (χ3v) is 1.79. The van der Waals surface area contributed by atoms with Gasteiger partial charge in [-0.1, -0.05) is 0 Å². The molecule has 0 unspecified atom stereocenters.